The summed E-state index contributed by atoms with van der Waals surface area (Å²) in [5, 5.41) is 10.4. The number of benzene rings is 2. The Balaban J connectivity index is 1.40. The van der Waals surface area contributed by atoms with E-state index in [0.717, 1.165) is 11.3 Å². The zero-order chi connectivity index (χ0) is 19.8. The largest absolute Gasteiger partial charge is 0.486 e. The molecule has 2 aromatic carbocycles. The lowest BCUT2D eigenvalue weighted by atomic mass is 10.0. The number of hydrogen-bond acceptors (Lipinski definition) is 5. The Hall–Kier alpha value is -2.80. The summed E-state index contributed by atoms with van der Waals surface area (Å²) in [6.07, 6.45) is 0. The maximum absolute atomic E-state index is 12.0. The molecule has 0 spiro atoms. The third-order valence-corrected chi connectivity index (χ3v) is 4.95. The van der Waals surface area contributed by atoms with Crippen molar-refractivity contribution in [1.82, 2.24) is 20.5 Å². The van der Waals surface area contributed by atoms with Gasteiger partial charge in [0, 0.05) is 6.54 Å². The monoisotopic (exact) mass is 396 g/mol. The Kier molecular flexibility index (Phi) is 7.08. The van der Waals surface area contributed by atoms with Crippen LogP contribution in [-0.2, 0) is 17.9 Å². The Morgan fingerprint density at radius 3 is 2.61 bits per heavy atom. The van der Waals surface area contributed by atoms with E-state index in [1.807, 2.05) is 42.5 Å². The van der Waals surface area contributed by atoms with Crippen molar-refractivity contribution in [2.24, 2.45) is 0 Å². The molecular weight excluding hydrogens is 372 g/mol. The van der Waals surface area contributed by atoms with E-state index in [2.05, 4.69) is 46.5 Å². The van der Waals surface area contributed by atoms with E-state index in [1.165, 1.54) is 17.3 Å². The summed E-state index contributed by atoms with van der Waals surface area (Å²) >= 11 is 1.29. The van der Waals surface area contributed by atoms with Crippen molar-refractivity contribution in [2.45, 2.75) is 38.1 Å². The fraction of sp³-hybridized carbons (Fsp3) is 0.286. The highest BCUT2D eigenvalue weighted by Crippen LogP contribution is 2.19. The number of aromatic nitrogens is 3. The summed E-state index contributed by atoms with van der Waals surface area (Å²) < 4.78 is 5.73. The second kappa shape index (κ2) is 9.94. The molecule has 0 unspecified atom stereocenters. The van der Waals surface area contributed by atoms with Crippen molar-refractivity contribution in [1.29, 1.82) is 0 Å². The average Bonchev–Trinajstić information content (AvgIpc) is 3.18. The van der Waals surface area contributed by atoms with Gasteiger partial charge in [0.15, 0.2) is 5.82 Å². The number of carbonyl (C=O) groups excluding carboxylic acids is 1. The van der Waals surface area contributed by atoms with Gasteiger partial charge in [-0.15, -0.1) is 5.10 Å². The molecule has 1 amide bonds. The second-order valence-electron chi connectivity index (χ2n) is 6.63. The average molecular weight is 397 g/mol. The van der Waals surface area contributed by atoms with Gasteiger partial charge < -0.3 is 10.1 Å². The van der Waals surface area contributed by atoms with Gasteiger partial charge in [-0.1, -0.05) is 68.1 Å². The highest BCUT2D eigenvalue weighted by atomic mass is 32.2. The number of H-pyrrole nitrogens is 1. The van der Waals surface area contributed by atoms with Crippen molar-refractivity contribution in [3.05, 3.63) is 71.5 Å². The van der Waals surface area contributed by atoms with Gasteiger partial charge in [-0.05, 0) is 29.2 Å². The van der Waals surface area contributed by atoms with Crippen LogP contribution in [0.15, 0.2) is 59.8 Å². The third-order valence-electron chi connectivity index (χ3n) is 4.10. The summed E-state index contributed by atoms with van der Waals surface area (Å²) in [6, 6.07) is 17.9. The van der Waals surface area contributed by atoms with Crippen molar-refractivity contribution >= 4 is 17.7 Å². The van der Waals surface area contributed by atoms with Gasteiger partial charge in [0.05, 0.1) is 5.75 Å². The molecule has 0 aliphatic rings. The molecule has 0 bridgehead atoms. The van der Waals surface area contributed by atoms with Crippen LogP contribution in [0.4, 0.5) is 0 Å². The van der Waals surface area contributed by atoms with Crippen LogP contribution in [0.3, 0.4) is 0 Å². The van der Waals surface area contributed by atoms with E-state index in [0.29, 0.717) is 30.1 Å². The van der Waals surface area contributed by atoms with E-state index in [1.54, 1.807) is 0 Å². The minimum Gasteiger partial charge on any atom is -0.486 e. The Bertz CT molecular complexity index is 879. The van der Waals surface area contributed by atoms with Gasteiger partial charge in [-0.3, -0.25) is 9.89 Å². The maximum atomic E-state index is 12.0. The lowest BCUT2D eigenvalue weighted by Gasteiger charge is -2.07. The molecule has 0 aliphatic heterocycles. The predicted molar refractivity (Wildman–Crippen MR) is 110 cm³/mol. The van der Waals surface area contributed by atoms with Crippen molar-refractivity contribution in [3.63, 3.8) is 0 Å². The van der Waals surface area contributed by atoms with Crippen LogP contribution in [0.1, 0.15) is 36.7 Å². The lowest BCUT2D eigenvalue weighted by Crippen LogP contribution is -2.24. The Morgan fingerprint density at radius 1 is 1.14 bits per heavy atom. The lowest BCUT2D eigenvalue weighted by molar-refractivity contribution is -0.118. The summed E-state index contributed by atoms with van der Waals surface area (Å²) in [5.41, 5.74) is 2.34. The van der Waals surface area contributed by atoms with E-state index in [9.17, 15) is 4.79 Å². The predicted octanol–water partition coefficient (Wildman–Crippen LogP) is 3.92. The standard InChI is InChI=1S/C21H24N4O2S/c1-15(2)17-8-10-18(11-9-17)27-13-19-23-21(25-24-19)28-14-20(26)22-12-16-6-4-3-5-7-16/h3-11,15H,12-14H2,1-2H3,(H,22,26)(H,23,24,25). The van der Waals surface area contributed by atoms with E-state index in [-0.39, 0.29) is 11.7 Å². The molecule has 3 aromatic rings. The van der Waals surface area contributed by atoms with Gasteiger partial charge >= 0.3 is 0 Å². The van der Waals surface area contributed by atoms with Crippen molar-refractivity contribution in [3.8, 4) is 5.75 Å². The molecule has 0 radical (unpaired) electrons. The first kappa shape index (κ1) is 19.9. The first-order valence-electron chi connectivity index (χ1n) is 9.17. The number of hydrogen-bond donors (Lipinski definition) is 2. The quantitative estimate of drug-likeness (QED) is 0.536. The van der Waals surface area contributed by atoms with Crippen molar-refractivity contribution < 1.29 is 9.53 Å². The fourth-order valence-corrected chi connectivity index (χ4v) is 3.13. The zero-order valence-electron chi connectivity index (χ0n) is 16.0. The first-order valence-corrected chi connectivity index (χ1v) is 10.2. The number of rotatable bonds is 9. The van der Waals surface area contributed by atoms with E-state index < -0.39 is 0 Å². The number of ether oxygens (including phenoxy) is 1. The summed E-state index contributed by atoms with van der Waals surface area (Å²) in [5.74, 6) is 2.12. The van der Waals surface area contributed by atoms with Crippen LogP contribution in [0.5, 0.6) is 5.75 Å². The van der Waals surface area contributed by atoms with E-state index in [4.69, 9.17) is 4.74 Å². The number of nitrogens with zero attached hydrogens (tertiary/aromatic N) is 2. The number of amides is 1. The highest BCUT2D eigenvalue weighted by Gasteiger charge is 2.08. The first-order chi connectivity index (χ1) is 13.6. The summed E-state index contributed by atoms with van der Waals surface area (Å²) in [4.78, 5) is 16.3. The van der Waals surface area contributed by atoms with Crippen LogP contribution < -0.4 is 10.1 Å². The topological polar surface area (TPSA) is 79.9 Å². The highest BCUT2D eigenvalue weighted by molar-refractivity contribution is 7.99. The van der Waals surface area contributed by atoms with Crippen LogP contribution in [0.25, 0.3) is 0 Å². The van der Waals surface area contributed by atoms with Crippen molar-refractivity contribution in [2.75, 3.05) is 5.75 Å². The van der Waals surface area contributed by atoms with Crippen LogP contribution in [-0.4, -0.2) is 26.8 Å². The molecule has 146 valence electrons. The molecular formula is C21H24N4O2S. The molecule has 3 rings (SSSR count). The molecule has 0 fully saturated rings. The number of carbonyl (C=O) groups is 1. The second-order valence-corrected chi connectivity index (χ2v) is 7.57. The van der Waals surface area contributed by atoms with Crippen LogP contribution in [0.2, 0.25) is 0 Å². The smallest absolute Gasteiger partial charge is 0.230 e. The molecule has 28 heavy (non-hydrogen) atoms. The molecule has 0 saturated carbocycles. The Labute approximate surface area is 169 Å². The normalized spacial score (nSPS) is 10.8. The van der Waals surface area contributed by atoms with Gasteiger partial charge in [0.2, 0.25) is 11.1 Å². The molecule has 2 N–H and O–H groups in total. The minimum absolute atomic E-state index is 0.0540. The zero-order valence-corrected chi connectivity index (χ0v) is 16.8. The van der Waals surface area contributed by atoms with Gasteiger partial charge in [0.25, 0.3) is 0 Å². The molecule has 1 heterocycles. The fourth-order valence-electron chi connectivity index (χ4n) is 2.49. The molecule has 0 saturated heterocycles. The van der Waals surface area contributed by atoms with Gasteiger partial charge in [-0.2, -0.15) is 0 Å². The molecule has 0 aliphatic carbocycles. The summed E-state index contributed by atoms with van der Waals surface area (Å²) in [6.45, 7) is 5.13. The van der Waals surface area contributed by atoms with Crippen LogP contribution >= 0.6 is 11.8 Å². The van der Waals surface area contributed by atoms with Gasteiger partial charge in [0.1, 0.15) is 12.4 Å². The SMILES string of the molecule is CC(C)c1ccc(OCc2nc(SCC(=O)NCc3ccccc3)n[nH]2)cc1. The molecule has 7 heteroatoms. The van der Waals surface area contributed by atoms with Crippen LogP contribution in [0, 0.1) is 0 Å². The molecule has 0 atom stereocenters. The number of nitrogens with one attached hydrogen (secondary N) is 2. The van der Waals surface area contributed by atoms with E-state index >= 15 is 0 Å². The Morgan fingerprint density at radius 2 is 1.89 bits per heavy atom. The van der Waals surface area contributed by atoms with Gasteiger partial charge in [-0.25, -0.2) is 4.98 Å². The summed E-state index contributed by atoms with van der Waals surface area (Å²) in [7, 11) is 0. The molecule has 1 aromatic heterocycles. The minimum atomic E-state index is -0.0540. The number of aromatic amines is 1. The number of thioether (sulfide) groups is 1. The third kappa shape index (κ3) is 6.13. The molecule has 6 nitrogen and oxygen atoms in total. The maximum Gasteiger partial charge on any atom is 0.230 e.